The average molecular weight is 227 g/mol. The van der Waals surface area contributed by atoms with Crippen LogP contribution in [-0.2, 0) is 0 Å². The van der Waals surface area contributed by atoms with Crippen LogP contribution in [0, 0.1) is 5.92 Å². The number of anilines is 2. The molecular formula is C12H19ClN2. The minimum atomic E-state index is 0.624. The first-order valence-corrected chi connectivity index (χ1v) is 5.72. The van der Waals surface area contributed by atoms with E-state index in [9.17, 15) is 0 Å². The third-order valence-corrected chi connectivity index (χ3v) is 2.58. The Morgan fingerprint density at radius 3 is 2.53 bits per heavy atom. The summed E-state index contributed by atoms with van der Waals surface area (Å²) in [5.74, 6) is 0.624. The van der Waals surface area contributed by atoms with Crippen LogP contribution >= 0.6 is 11.6 Å². The summed E-state index contributed by atoms with van der Waals surface area (Å²) in [6, 6.07) is 5.69. The van der Waals surface area contributed by atoms with Crippen molar-refractivity contribution in [3.05, 3.63) is 23.2 Å². The third kappa shape index (κ3) is 3.31. The van der Waals surface area contributed by atoms with E-state index in [-0.39, 0.29) is 0 Å². The molecule has 3 heteroatoms. The molecule has 2 N–H and O–H groups in total. The fourth-order valence-electron chi connectivity index (χ4n) is 1.62. The standard InChI is InChI=1S/C12H19ClN2/c1-4-15(8-9(2)3)12-6-5-10(14)7-11(12)13/h5-7,9H,4,8,14H2,1-3H3. The zero-order valence-corrected chi connectivity index (χ0v) is 10.4. The molecule has 1 rings (SSSR count). The van der Waals surface area contributed by atoms with E-state index in [1.54, 1.807) is 6.07 Å². The molecule has 15 heavy (non-hydrogen) atoms. The molecular weight excluding hydrogens is 208 g/mol. The highest BCUT2D eigenvalue weighted by atomic mass is 35.5. The normalized spacial score (nSPS) is 10.7. The predicted molar refractivity (Wildman–Crippen MR) is 68.6 cm³/mol. The van der Waals surface area contributed by atoms with Gasteiger partial charge in [0.2, 0.25) is 0 Å². The number of hydrogen-bond acceptors (Lipinski definition) is 2. The summed E-state index contributed by atoms with van der Waals surface area (Å²) in [4.78, 5) is 2.27. The Bertz CT molecular complexity index is 323. The monoisotopic (exact) mass is 226 g/mol. The van der Waals surface area contributed by atoms with Gasteiger partial charge in [0.05, 0.1) is 10.7 Å². The van der Waals surface area contributed by atoms with Crippen LogP contribution in [-0.4, -0.2) is 13.1 Å². The second-order valence-corrected chi connectivity index (χ2v) is 4.55. The Kier molecular flexibility index (Phi) is 4.28. The summed E-state index contributed by atoms with van der Waals surface area (Å²) >= 11 is 6.16. The molecule has 0 amide bonds. The summed E-state index contributed by atoms with van der Waals surface area (Å²) in [6.07, 6.45) is 0. The Balaban J connectivity index is 2.91. The molecule has 0 aliphatic heterocycles. The molecule has 2 nitrogen and oxygen atoms in total. The van der Waals surface area contributed by atoms with E-state index in [0.717, 1.165) is 23.8 Å². The SMILES string of the molecule is CCN(CC(C)C)c1ccc(N)cc1Cl. The molecule has 0 aliphatic carbocycles. The fraction of sp³-hybridized carbons (Fsp3) is 0.500. The predicted octanol–water partition coefficient (Wildman–Crippen LogP) is 3.40. The van der Waals surface area contributed by atoms with Crippen molar-refractivity contribution in [2.75, 3.05) is 23.7 Å². The van der Waals surface area contributed by atoms with E-state index in [2.05, 4.69) is 25.7 Å². The van der Waals surface area contributed by atoms with Crippen molar-refractivity contribution in [1.82, 2.24) is 0 Å². The Morgan fingerprint density at radius 2 is 2.07 bits per heavy atom. The number of nitrogens with zero attached hydrogens (tertiary/aromatic N) is 1. The average Bonchev–Trinajstić information content (AvgIpc) is 2.14. The zero-order chi connectivity index (χ0) is 11.4. The highest BCUT2D eigenvalue weighted by molar-refractivity contribution is 6.33. The van der Waals surface area contributed by atoms with Gasteiger partial charge in [-0.1, -0.05) is 25.4 Å². The second-order valence-electron chi connectivity index (χ2n) is 4.14. The Morgan fingerprint density at radius 1 is 1.40 bits per heavy atom. The molecule has 0 saturated heterocycles. The van der Waals surface area contributed by atoms with Crippen molar-refractivity contribution in [2.24, 2.45) is 5.92 Å². The van der Waals surface area contributed by atoms with Gasteiger partial charge in [0, 0.05) is 18.8 Å². The topological polar surface area (TPSA) is 29.3 Å². The quantitative estimate of drug-likeness (QED) is 0.798. The Hall–Kier alpha value is -0.890. The van der Waals surface area contributed by atoms with Gasteiger partial charge in [-0.25, -0.2) is 0 Å². The minimum Gasteiger partial charge on any atom is -0.399 e. The lowest BCUT2D eigenvalue weighted by molar-refractivity contribution is 0.619. The van der Waals surface area contributed by atoms with E-state index < -0.39 is 0 Å². The van der Waals surface area contributed by atoms with Crippen LogP contribution < -0.4 is 10.6 Å². The van der Waals surface area contributed by atoms with Gasteiger partial charge in [-0.15, -0.1) is 0 Å². The second kappa shape index (κ2) is 5.26. The van der Waals surface area contributed by atoms with Crippen molar-refractivity contribution < 1.29 is 0 Å². The van der Waals surface area contributed by atoms with Crippen molar-refractivity contribution >= 4 is 23.0 Å². The van der Waals surface area contributed by atoms with Crippen molar-refractivity contribution in [2.45, 2.75) is 20.8 Å². The van der Waals surface area contributed by atoms with Crippen LogP contribution in [0.5, 0.6) is 0 Å². The molecule has 84 valence electrons. The molecule has 0 spiro atoms. The first-order chi connectivity index (χ1) is 7.04. The molecule has 0 radical (unpaired) electrons. The Labute approximate surface area is 97.0 Å². The molecule has 0 aliphatic rings. The lowest BCUT2D eigenvalue weighted by atomic mass is 10.2. The van der Waals surface area contributed by atoms with Gasteiger partial charge in [-0.3, -0.25) is 0 Å². The molecule has 1 aromatic rings. The molecule has 0 unspecified atom stereocenters. The van der Waals surface area contributed by atoms with E-state index in [0.29, 0.717) is 11.6 Å². The molecule has 1 aromatic carbocycles. The summed E-state index contributed by atoms with van der Waals surface area (Å²) in [5.41, 5.74) is 7.45. The number of nitrogen functional groups attached to an aromatic ring is 1. The number of nitrogens with two attached hydrogens (primary N) is 1. The van der Waals surface area contributed by atoms with Crippen molar-refractivity contribution in [1.29, 1.82) is 0 Å². The van der Waals surface area contributed by atoms with Gasteiger partial charge in [-0.05, 0) is 31.0 Å². The van der Waals surface area contributed by atoms with Gasteiger partial charge in [0.1, 0.15) is 0 Å². The highest BCUT2D eigenvalue weighted by Crippen LogP contribution is 2.28. The largest absolute Gasteiger partial charge is 0.399 e. The van der Waals surface area contributed by atoms with Crippen LogP contribution in [0.15, 0.2) is 18.2 Å². The minimum absolute atomic E-state index is 0.624. The number of rotatable bonds is 4. The van der Waals surface area contributed by atoms with E-state index in [1.165, 1.54) is 0 Å². The fourth-order valence-corrected chi connectivity index (χ4v) is 1.93. The summed E-state index contributed by atoms with van der Waals surface area (Å²) in [7, 11) is 0. The van der Waals surface area contributed by atoms with Gasteiger partial charge >= 0.3 is 0 Å². The third-order valence-electron chi connectivity index (χ3n) is 2.28. The number of benzene rings is 1. The van der Waals surface area contributed by atoms with Crippen molar-refractivity contribution in [3.8, 4) is 0 Å². The molecule has 0 aromatic heterocycles. The van der Waals surface area contributed by atoms with Crippen LogP contribution in [0.4, 0.5) is 11.4 Å². The summed E-state index contributed by atoms with van der Waals surface area (Å²) < 4.78 is 0. The van der Waals surface area contributed by atoms with Crippen molar-refractivity contribution in [3.63, 3.8) is 0 Å². The molecule has 0 saturated carbocycles. The summed E-state index contributed by atoms with van der Waals surface area (Å²) in [5, 5.41) is 0.734. The van der Waals surface area contributed by atoms with Gasteiger partial charge < -0.3 is 10.6 Å². The van der Waals surface area contributed by atoms with E-state index in [1.807, 2.05) is 12.1 Å². The van der Waals surface area contributed by atoms with E-state index >= 15 is 0 Å². The molecule has 0 bridgehead atoms. The lowest BCUT2D eigenvalue weighted by Gasteiger charge is -2.26. The molecule has 0 fully saturated rings. The lowest BCUT2D eigenvalue weighted by Crippen LogP contribution is -2.27. The van der Waals surface area contributed by atoms with E-state index in [4.69, 9.17) is 17.3 Å². The first kappa shape index (κ1) is 12.2. The first-order valence-electron chi connectivity index (χ1n) is 5.34. The number of hydrogen-bond donors (Lipinski definition) is 1. The zero-order valence-electron chi connectivity index (χ0n) is 9.63. The van der Waals surface area contributed by atoms with Gasteiger partial charge in [0.25, 0.3) is 0 Å². The van der Waals surface area contributed by atoms with Crippen LogP contribution in [0.1, 0.15) is 20.8 Å². The maximum absolute atomic E-state index is 6.16. The maximum Gasteiger partial charge on any atom is 0.0660 e. The van der Waals surface area contributed by atoms with Crippen LogP contribution in [0.25, 0.3) is 0 Å². The molecule has 0 heterocycles. The maximum atomic E-state index is 6.16. The van der Waals surface area contributed by atoms with Gasteiger partial charge in [-0.2, -0.15) is 0 Å². The molecule has 0 atom stereocenters. The summed E-state index contributed by atoms with van der Waals surface area (Å²) in [6.45, 7) is 8.51. The smallest absolute Gasteiger partial charge is 0.0660 e. The van der Waals surface area contributed by atoms with Gasteiger partial charge in [0.15, 0.2) is 0 Å². The van der Waals surface area contributed by atoms with Crippen LogP contribution in [0.3, 0.4) is 0 Å². The number of halogens is 1. The highest BCUT2D eigenvalue weighted by Gasteiger charge is 2.10. The van der Waals surface area contributed by atoms with Crippen LogP contribution in [0.2, 0.25) is 5.02 Å².